The molecule has 0 fully saturated rings. The topological polar surface area (TPSA) is 17.8 Å². The van der Waals surface area contributed by atoms with Gasteiger partial charge in [-0.25, -0.2) is 0 Å². The summed E-state index contributed by atoms with van der Waals surface area (Å²) in [5.74, 6) is 1.13. The molecule has 3 aliphatic rings. The van der Waals surface area contributed by atoms with Gasteiger partial charge in [-0.05, 0) is 121 Å². The van der Waals surface area contributed by atoms with Crippen molar-refractivity contribution < 1.29 is 0 Å². The number of hydrogen-bond donors (Lipinski definition) is 0. The Hall–Kier alpha value is -5.47. The van der Waals surface area contributed by atoms with Gasteiger partial charge in [-0.3, -0.25) is 4.98 Å². The fraction of sp³-hybridized carbons (Fsp3) is 0.278. The SMILES string of the molecule is C/C=C\C(C)/C=C\C1C/C=C\c2c(cccc2C2=CC(c3ccncc3)=CCC2)CC1.C1=CCC=C(n2c3ccccc3c3ccccc32)C=C1.CC.CCC. The average molecular weight is 739 g/mol. The third-order valence-corrected chi connectivity index (χ3v) is 10.2. The van der Waals surface area contributed by atoms with Crippen LogP contribution >= 0.6 is 0 Å². The second-order valence-corrected chi connectivity index (χ2v) is 14.4. The third-order valence-electron chi connectivity index (χ3n) is 10.2. The van der Waals surface area contributed by atoms with E-state index in [2.05, 4.69) is 195 Å². The van der Waals surface area contributed by atoms with Crippen molar-refractivity contribution in [2.75, 3.05) is 0 Å². The standard InChI is InChI=1S/C30H33N.C19H15N.C3H8.C2H6/c1-3-7-23(2)14-15-24-8-4-12-29-26(17-16-24)9-6-13-30(29)28-11-5-10-27(22-28)25-18-20-31-21-19-25;1-2-4-10-15(9-3-1)20-18-13-7-5-11-16(18)17-12-6-8-14-19(17)20;1-3-2;1-2/h3-4,6-7,9-10,12-15,18-24H,5,8,11,16-17H2,1-2H3;1-3,5-14H,4H2;3H2,1-2H3;1-2H3/b7-3-,12-4-,15-14-;;;. The predicted molar refractivity (Wildman–Crippen MR) is 248 cm³/mol. The van der Waals surface area contributed by atoms with Gasteiger partial charge >= 0.3 is 0 Å². The van der Waals surface area contributed by atoms with Gasteiger partial charge in [0.25, 0.3) is 0 Å². The molecule has 0 bridgehead atoms. The lowest BCUT2D eigenvalue weighted by molar-refractivity contribution is 0.593. The number of nitrogens with zero attached hydrogens (tertiary/aromatic N) is 2. The molecule has 2 heteroatoms. The van der Waals surface area contributed by atoms with Gasteiger partial charge in [-0.1, -0.05) is 169 Å². The van der Waals surface area contributed by atoms with E-state index >= 15 is 0 Å². The van der Waals surface area contributed by atoms with E-state index in [-0.39, 0.29) is 0 Å². The highest BCUT2D eigenvalue weighted by Gasteiger charge is 2.17. The Kier molecular flexibility index (Phi) is 16.5. The maximum absolute atomic E-state index is 4.17. The molecule has 0 aliphatic heterocycles. The van der Waals surface area contributed by atoms with E-state index in [1.54, 1.807) is 0 Å². The molecule has 2 atom stereocenters. The summed E-state index contributed by atoms with van der Waals surface area (Å²) in [5.41, 5.74) is 12.1. The molecule has 0 spiro atoms. The molecule has 56 heavy (non-hydrogen) atoms. The second kappa shape index (κ2) is 22.2. The molecule has 2 nitrogen and oxygen atoms in total. The van der Waals surface area contributed by atoms with E-state index in [4.69, 9.17) is 0 Å². The lowest BCUT2D eigenvalue weighted by atomic mass is 9.84. The highest BCUT2D eigenvalue weighted by Crippen LogP contribution is 2.36. The second-order valence-electron chi connectivity index (χ2n) is 14.4. The minimum atomic E-state index is 0.513. The fourth-order valence-corrected chi connectivity index (χ4v) is 7.60. The number of para-hydroxylation sites is 2. The normalized spacial score (nSPS) is 17.4. The van der Waals surface area contributed by atoms with Gasteiger partial charge in [0.2, 0.25) is 0 Å². The number of hydrogen-bond acceptors (Lipinski definition) is 1. The molecule has 0 saturated carbocycles. The summed E-state index contributed by atoms with van der Waals surface area (Å²) >= 11 is 0. The molecule has 0 N–H and O–H groups in total. The number of aromatic nitrogens is 2. The monoisotopic (exact) mass is 738 g/mol. The van der Waals surface area contributed by atoms with Crippen LogP contribution in [0.2, 0.25) is 0 Å². The zero-order valence-electron chi connectivity index (χ0n) is 34.7. The summed E-state index contributed by atoms with van der Waals surface area (Å²) in [7, 11) is 0. The molecule has 5 aromatic rings. The summed E-state index contributed by atoms with van der Waals surface area (Å²) in [4.78, 5) is 4.17. The molecule has 2 aromatic heterocycles. The highest BCUT2D eigenvalue weighted by atomic mass is 15.0. The molecule has 2 unspecified atom stereocenters. The summed E-state index contributed by atoms with van der Waals surface area (Å²) in [5, 5.41) is 2.63. The van der Waals surface area contributed by atoms with Gasteiger partial charge in [0.05, 0.1) is 11.0 Å². The minimum absolute atomic E-state index is 0.513. The molecular formula is C54H62N2. The van der Waals surface area contributed by atoms with Crippen molar-refractivity contribution in [2.24, 2.45) is 11.8 Å². The quantitative estimate of drug-likeness (QED) is 0.159. The smallest absolute Gasteiger partial charge is 0.0540 e. The lowest BCUT2D eigenvalue weighted by Crippen LogP contribution is -2.05. The number of benzene rings is 3. The van der Waals surface area contributed by atoms with E-state index in [1.165, 1.54) is 73.7 Å². The molecule has 2 heterocycles. The largest absolute Gasteiger partial charge is 0.310 e. The van der Waals surface area contributed by atoms with Crippen molar-refractivity contribution in [3.63, 3.8) is 0 Å². The Bertz CT molecular complexity index is 2190. The molecule has 0 saturated heterocycles. The molecular weight excluding hydrogens is 677 g/mol. The molecule has 8 rings (SSSR count). The number of rotatable bonds is 6. The average Bonchev–Trinajstić information content (AvgIpc) is 3.34. The maximum Gasteiger partial charge on any atom is 0.0540 e. The van der Waals surface area contributed by atoms with Crippen LogP contribution in [-0.2, 0) is 6.42 Å². The van der Waals surface area contributed by atoms with Gasteiger partial charge in [0.15, 0.2) is 0 Å². The van der Waals surface area contributed by atoms with E-state index in [9.17, 15) is 0 Å². The van der Waals surface area contributed by atoms with E-state index < -0.39 is 0 Å². The summed E-state index contributed by atoms with van der Waals surface area (Å²) < 4.78 is 2.36. The van der Waals surface area contributed by atoms with Crippen LogP contribution in [0.5, 0.6) is 0 Å². The maximum atomic E-state index is 4.17. The Morgan fingerprint density at radius 1 is 0.786 bits per heavy atom. The van der Waals surface area contributed by atoms with Crippen LogP contribution in [-0.4, -0.2) is 9.55 Å². The lowest BCUT2D eigenvalue weighted by Gasteiger charge is -2.21. The first-order valence-electron chi connectivity index (χ1n) is 21.0. The van der Waals surface area contributed by atoms with E-state index in [1.807, 2.05) is 26.2 Å². The van der Waals surface area contributed by atoms with E-state index in [0.29, 0.717) is 11.8 Å². The van der Waals surface area contributed by atoms with E-state index in [0.717, 1.165) is 32.1 Å². The minimum Gasteiger partial charge on any atom is -0.310 e. The Morgan fingerprint density at radius 2 is 1.50 bits per heavy atom. The van der Waals surface area contributed by atoms with Crippen LogP contribution in [0, 0.1) is 11.8 Å². The van der Waals surface area contributed by atoms with Crippen LogP contribution < -0.4 is 0 Å². The zero-order chi connectivity index (χ0) is 39.5. The highest BCUT2D eigenvalue weighted by molar-refractivity contribution is 6.10. The van der Waals surface area contributed by atoms with Crippen molar-refractivity contribution in [3.05, 3.63) is 186 Å². The first kappa shape index (κ1) is 41.7. The van der Waals surface area contributed by atoms with Gasteiger partial charge in [0, 0.05) is 28.9 Å². The zero-order valence-corrected chi connectivity index (χ0v) is 34.7. The number of allylic oxidation sites excluding steroid dienone is 15. The van der Waals surface area contributed by atoms with Crippen molar-refractivity contribution in [1.29, 1.82) is 0 Å². The van der Waals surface area contributed by atoms with Gasteiger partial charge in [-0.2, -0.15) is 0 Å². The van der Waals surface area contributed by atoms with Crippen LogP contribution in [0.25, 0.3) is 44.7 Å². The first-order valence-corrected chi connectivity index (χ1v) is 21.0. The number of pyridine rings is 1. The Morgan fingerprint density at radius 3 is 2.21 bits per heavy atom. The molecule has 3 aromatic carbocycles. The third kappa shape index (κ3) is 10.8. The molecule has 288 valence electrons. The fourth-order valence-electron chi connectivity index (χ4n) is 7.60. The Balaban J connectivity index is 0.000000206. The predicted octanol–water partition coefficient (Wildman–Crippen LogP) is 15.7. The Labute approximate surface area is 337 Å². The summed E-state index contributed by atoms with van der Waals surface area (Å²) in [6.45, 7) is 12.6. The summed E-state index contributed by atoms with van der Waals surface area (Å²) in [6.07, 6.45) is 41.2. The van der Waals surface area contributed by atoms with Gasteiger partial charge < -0.3 is 4.57 Å². The first-order chi connectivity index (χ1) is 27.6. The molecule has 0 amide bonds. The number of aryl methyl sites for hydroxylation is 1. The molecule has 3 aliphatic carbocycles. The van der Waals surface area contributed by atoms with Crippen LogP contribution in [0.3, 0.4) is 0 Å². The van der Waals surface area contributed by atoms with Crippen LogP contribution in [0.1, 0.15) is 102 Å². The van der Waals surface area contributed by atoms with Crippen LogP contribution in [0.4, 0.5) is 0 Å². The molecule has 0 radical (unpaired) electrons. The van der Waals surface area contributed by atoms with Crippen molar-refractivity contribution in [1.82, 2.24) is 9.55 Å². The number of fused-ring (bicyclic) bond motifs is 4. The van der Waals surface area contributed by atoms with Crippen molar-refractivity contribution in [2.45, 2.75) is 86.5 Å². The van der Waals surface area contributed by atoms with Gasteiger partial charge in [0.1, 0.15) is 0 Å². The van der Waals surface area contributed by atoms with Crippen LogP contribution in [0.15, 0.2) is 164 Å². The summed E-state index contributed by atoms with van der Waals surface area (Å²) in [6, 6.07) is 28.3. The van der Waals surface area contributed by atoms with Gasteiger partial charge in [-0.15, -0.1) is 0 Å². The van der Waals surface area contributed by atoms with Crippen molar-refractivity contribution in [3.8, 4) is 0 Å². The van der Waals surface area contributed by atoms with Crippen molar-refractivity contribution >= 4 is 44.7 Å².